The zero-order valence-corrected chi connectivity index (χ0v) is 12.1. The van der Waals surface area contributed by atoms with E-state index in [1.807, 2.05) is 30.5 Å². The monoisotopic (exact) mass is 286 g/mol. The van der Waals surface area contributed by atoms with Gasteiger partial charge in [-0.1, -0.05) is 12.1 Å². The maximum absolute atomic E-state index is 11.9. The SMILES string of the molecule is CSc1ccccc1NC(=O)CC1CCCN1.Cl. The largest absolute Gasteiger partial charge is 0.325 e. The van der Waals surface area contributed by atoms with Crippen LogP contribution in [0.15, 0.2) is 29.2 Å². The third kappa shape index (κ3) is 4.19. The van der Waals surface area contributed by atoms with E-state index in [1.165, 1.54) is 6.42 Å². The highest BCUT2D eigenvalue weighted by Crippen LogP contribution is 2.24. The van der Waals surface area contributed by atoms with E-state index < -0.39 is 0 Å². The van der Waals surface area contributed by atoms with Crippen molar-refractivity contribution in [1.29, 1.82) is 0 Å². The first-order valence-electron chi connectivity index (χ1n) is 5.96. The summed E-state index contributed by atoms with van der Waals surface area (Å²) in [6.07, 6.45) is 4.88. The third-order valence-electron chi connectivity index (χ3n) is 2.98. The van der Waals surface area contributed by atoms with Crippen molar-refractivity contribution in [2.45, 2.75) is 30.2 Å². The topological polar surface area (TPSA) is 41.1 Å². The molecule has 1 unspecified atom stereocenters. The van der Waals surface area contributed by atoms with Crippen molar-refractivity contribution in [3.8, 4) is 0 Å². The van der Waals surface area contributed by atoms with Crippen LogP contribution in [-0.4, -0.2) is 24.7 Å². The molecule has 1 amide bonds. The molecule has 1 heterocycles. The van der Waals surface area contributed by atoms with Crippen molar-refractivity contribution in [2.24, 2.45) is 0 Å². The second-order valence-corrected chi connectivity index (χ2v) is 5.09. The lowest BCUT2D eigenvalue weighted by atomic mass is 10.1. The highest BCUT2D eigenvalue weighted by molar-refractivity contribution is 7.98. The van der Waals surface area contributed by atoms with Crippen LogP contribution >= 0.6 is 24.2 Å². The molecule has 0 bridgehead atoms. The van der Waals surface area contributed by atoms with E-state index in [9.17, 15) is 4.79 Å². The van der Waals surface area contributed by atoms with Crippen LogP contribution in [0.4, 0.5) is 5.69 Å². The van der Waals surface area contributed by atoms with Gasteiger partial charge < -0.3 is 10.6 Å². The van der Waals surface area contributed by atoms with Gasteiger partial charge in [-0.3, -0.25) is 4.79 Å². The molecule has 0 spiro atoms. The first-order valence-corrected chi connectivity index (χ1v) is 7.18. The van der Waals surface area contributed by atoms with Crippen molar-refractivity contribution >= 4 is 35.8 Å². The molecule has 1 aliphatic rings. The van der Waals surface area contributed by atoms with Gasteiger partial charge in [0.25, 0.3) is 0 Å². The Labute approximate surface area is 119 Å². The van der Waals surface area contributed by atoms with Crippen LogP contribution in [0.1, 0.15) is 19.3 Å². The van der Waals surface area contributed by atoms with Crippen molar-refractivity contribution < 1.29 is 4.79 Å². The summed E-state index contributed by atoms with van der Waals surface area (Å²) in [7, 11) is 0. The molecular formula is C13H19ClN2OS. The molecule has 0 aliphatic carbocycles. The minimum absolute atomic E-state index is 0. The van der Waals surface area contributed by atoms with Crippen LogP contribution in [-0.2, 0) is 4.79 Å². The molecule has 1 aromatic carbocycles. The summed E-state index contributed by atoms with van der Waals surface area (Å²) < 4.78 is 0. The van der Waals surface area contributed by atoms with Gasteiger partial charge in [0.2, 0.25) is 5.91 Å². The molecule has 18 heavy (non-hydrogen) atoms. The van der Waals surface area contributed by atoms with Crippen LogP contribution < -0.4 is 10.6 Å². The minimum Gasteiger partial charge on any atom is -0.325 e. The molecule has 5 heteroatoms. The van der Waals surface area contributed by atoms with Crippen molar-refractivity contribution in [2.75, 3.05) is 18.1 Å². The molecule has 0 saturated carbocycles. The zero-order chi connectivity index (χ0) is 12.1. The molecule has 1 atom stereocenters. The lowest BCUT2D eigenvalue weighted by Gasteiger charge is -2.12. The number of benzene rings is 1. The number of nitrogens with one attached hydrogen (secondary N) is 2. The number of carbonyl (C=O) groups excluding carboxylic acids is 1. The van der Waals surface area contributed by atoms with E-state index in [2.05, 4.69) is 10.6 Å². The summed E-state index contributed by atoms with van der Waals surface area (Å²) in [5.74, 6) is 0.103. The van der Waals surface area contributed by atoms with Gasteiger partial charge in [-0.2, -0.15) is 0 Å². The lowest BCUT2D eigenvalue weighted by Crippen LogP contribution is -2.27. The van der Waals surface area contributed by atoms with Crippen LogP contribution in [0.25, 0.3) is 0 Å². The van der Waals surface area contributed by atoms with Gasteiger partial charge in [-0.25, -0.2) is 0 Å². The lowest BCUT2D eigenvalue weighted by molar-refractivity contribution is -0.116. The van der Waals surface area contributed by atoms with E-state index in [1.54, 1.807) is 11.8 Å². The molecule has 2 N–H and O–H groups in total. The quantitative estimate of drug-likeness (QED) is 0.836. The molecule has 1 aromatic rings. The summed E-state index contributed by atoms with van der Waals surface area (Å²) in [5, 5.41) is 6.32. The highest BCUT2D eigenvalue weighted by Gasteiger charge is 2.17. The fourth-order valence-electron chi connectivity index (χ4n) is 2.10. The van der Waals surface area contributed by atoms with Gasteiger partial charge in [0, 0.05) is 17.4 Å². The Balaban J connectivity index is 0.00000162. The summed E-state index contributed by atoms with van der Waals surface area (Å²) in [6, 6.07) is 8.26. The Hall–Kier alpha value is -0.710. The van der Waals surface area contributed by atoms with Gasteiger partial charge in [-0.05, 0) is 37.8 Å². The number of halogens is 1. The number of hydrogen-bond donors (Lipinski definition) is 2. The van der Waals surface area contributed by atoms with E-state index in [-0.39, 0.29) is 18.3 Å². The summed E-state index contributed by atoms with van der Waals surface area (Å²) in [6.45, 7) is 1.04. The zero-order valence-electron chi connectivity index (χ0n) is 10.4. The minimum atomic E-state index is 0. The molecule has 1 aliphatic heterocycles. The van der Waals surface area contributed by atoms with Crippen molar-refractivity contribution in [3.63, 3.8) is 0 Å². The first kappa shape index (κ1) is 15.3. The summed E-state index contributed by atoms with van der Waals surface area (Å²) >= 11 is 1.65. The predicted molar refractivity (Wildman–Crippen MR) is 79.7 cm³/mol. The molecule has 100 valence electrons. The van der Waals surface area contributed by atoms with Gasteiger partial charge in [0.05, 0.1) is 5.69 Å². The number of thioether (sulfide) groups is 1. The number of hydrogen-bond acceptors (Lipinski definition) is 3. The average molecular weight is 287 g/mol. The highest BCUT2D eigenvalue weighted by atomic mass is 35.5. The second-order valence-electron chi connectivity index (χ2n) is 4.25. The number of amides is 1. The van der Waals surface area contributed by atoms with Crippen LogP contribution in [0.3, 0.4) is 0 Å². The van der Waals surface area contributed by atoms with Crippen molar-refractivity contribution in [3.05, 3.63) is 24.3 Å². The molecule has 1 saturated heterocycles. The standard InChI is InChI=1S/C13H18N2OS.ClH/c1-17-12-7-3-2-6-11(12)15-13(16)9-10-5-4-8-14-10;/h2-3,6-7,10,14H,4-5,8-9H2,1H3,(H,15,16);1H. The average Bonchev–Trinajstić information content (AvgIpc) is 2.82. The molecule has 2 rings (SSSR count). The van der Waals surface area contributed by atoms with Crippen LogP contribution in [0.2, 0.25) is 0 Å². The number of rotatable bonds is 4. The fourth-order valence-corrected chi connectivity index (χ4v) is 2.66. The molecule has 1 fully saturated rings. The Morgan fingerprint density at radius 1 is 1.50 bits per heavy atom. The van der Waals surface area contributed by atoms with E-state index >= 15 is 0 Å². The summed E-state index contributed by atoms with van der Waals surface area (Å²) in [5.41, 5.74) is 0.919. The molecule has 0 aromatic heterocycles. The van der Waals surface area contributed by atoms with Gasteiger partial charge in [0.1, 0.15) is 0 Å². The Kier molecular flexibility index (Phi) is 6.54. The third-order valence-corrected chi connectivity index (χ3v) is 3.77. The van der Waals surface area contributed by atoms with Crippen LogP contribution in [0, 0.1) is 0 Å². The number of carbonyl (C=O) groups is 1. The van der Waals surface area contributed by atoms with Crippen molar-refractivity contribution in [1.82, 2.24) is 5.32 Å². The predicted octanol–water partition coefficient (Wildman–Crippen LogP) is 2.91. The molecule has 3 nitrogen and oxygen atoms in total. The van der Waals surface area contributed by atoms with E-state index in [0.29, 0.717) is 12.5 Å². The maximum atomic E-state index is 11.9. The second kappa shape index (κ2) is 7.67. The Morgan fingerprint density at radius 3 is 2.94 bits per heavy atom. The number of anilines is 1. The smallest absolute Gasteiger partial charge is 0.225 e. The van der Waals surface area contributed by atoms with E-state index in [0.717, 1.165) is 23.5 Å². The first-order chi connectivity index (χ1) is 8.29. The van der Waals surface area contributed by atoms with Gasteiger partial charge >= 0.3 is 0 Å². The Morgan fingerprint density at radius 2 is 2.28 bits per heavy atom. The molecular weight excluding hydrogens is 268 g/mol. The fraction of sp³-hybridized carbons (Fsp3) is 0.462. The van der Waals surface area contributed by atoms with Gasteiger partial charge in [0.15, 0.2) is 0 Å². The van der Waals surface area contributed by atoms with E-state index in [4.69, 9.17) is 0 Å². The molecule has 0 radical (unpaired) electrons. The normalized spacial score (nSPS) is 18.2. The Bertz CT molecular complexity index is 394. The maximum Gasteiger partial charge on any atom is 0.225 e. The summed E-state index contributed by atoms with van der Waals surface area (Å²) in [4.78, 5) is 13.0. The number of para-hydroxylation sites is 1. The van der Waals surface area contributed by atoms with Crippen LogP contribution in [0.5, 0.6) is 0 Å². The van der Waals surface area contributed by atoms with Gasteiger partial charge in [-0.15, -0.1) is 24.2 Å².